The maximum Gasteiger partial charge on any atom is 0.241 e. The summed E-state index contributed by atoms with van der Waals surface area (Å²) < 4.78 is 0. The molecule has 0 spiro atoms. The highest BCUT2D eigenvalue weighted by atomic mass is 127. The summed E-state index contributed by atoms with van der Waals surface area (Å²) in [4.78, 5) is 18.3. The van der Waals surface area contributed by atoms with E-state index >= 15 is 0 Å². The number of rotatable bonds is 5. The first-order chi connectivity index (χ1) is 11.6. The van der Waals surface area contributed by atoms with E-state index < -0.39 is 0 Å². The van der Waals surface area contributed by atoms with Crippen LogP contribution < -0.4 is 10.6 Å². The Morgan fingerprint density at radius 3 is 2.32 bits per heavy atom. The minimum absolute atomic E-state index is 0. The first kappa shape index (κ1) is 21.7. The van der Waals surface area contributed by atoms with E-state index in [0.29, 0.717) is 12.5 Å². The molecule has 25 heavy (non-hydrogen) atoms. The van der Waals surface area contributed by atoms with Crippen LogP contribution in [0.15, 0.2) is 23.2 Å². The minimum Gasteiger partial charge on any atom is -0.356 e. The highest BCUT2D eigenvalue weighted by Crippen LogP contribution is 2.09. The van der Waals surface area contributed by atoms with Crippen molar-refractivity contribution >= 4 is 35.8 Å². The summed E-state index contributed by atoms with van der Waals surface area (Å²) in [6, 6.07) is 6.61. The SMILES string of the molecule is CN=C(NCCc1cc(C)cc(C)c1)NCC(=O)N1CCCCC1.I. The van der Waals surface area contributed by atoms with Crippen LogP contribution in [-0.2, 0) is 11.2 Å². The molecule has 1 aliphatic heterocycles. The second-order valence-corrected chi connectivity index (χ2v) is 6.54. The lowest BCUT2D eigenvalue weighted by molar-refractivity contribution is -0.130. The number of likely N-dealkylation sites (tertiary alicyclic amines) is 1. The lowest BCUT2D eigenvalue weighted by Crippen LogP contribution is -2.46. The quantitative estimate of drug-likeness (QED) is 0.405. The number of benzene rings is 1. The van der Waals surface area contributed by atoms with E-state index in [-0.39, 0.29) is 29.9 Å². The van der Waals surface area contributed by atoms with Gasteiger partial charge in [0.25, 0.3) is 0 Å². The molecular weight excluding hydrogens is 427 g/mol. The van der Waals surface area contributed by atoms with E-state index in [9.17, 15) is 4.79 Å². The molecule has 5 nitrogen and oxygen atoms in total. The van der Waals surface area contributed by atoms with Crippen molar-refractivity contribution in [2.24, 2.45) is 4.99 Å². The zero-order valence-electron chi connectivity index (χ0n) is 15.6. The molecule has 140 valence electrons. The van der Waals surface area contributed by atoms with E-state index in [0.717, 1.165) is 38.9 Å². The average molecular weight is 458 g/mol. The van der Waals surface area contributed by atoms with E-state index in [2.05, 4.69) is 47.7 Å². The number of carbonyl (C=O) groups excluding carboxylic acids is 1. The molecular formula is C19H31IN4O. The molecule has 1 amide bonds. The number of nitrogens with zero attached hydrogens (tertiary/aromatic N) is 2. The molecule has 2 N–H and O–H groups in total. The molecule has 0 bridgehead atoms. The number of aryl methyl sites for hydroxylation is 2. The first-order valence-corrected chi connectivity index (χ1v) is 8.88. The fourth-order valence-electron chi connectivity index (χ4n) is 3.17. The molecule has 1 aromatic carbocycles. The Labute approximate surface area is 168 Å². The Bertz CT molecular complexity index is 563. The predicted octanol–water partition coefficient (Wildman–Crippen LogP) is 2.64. The zero-order chi connectivity index (χ0) is 17.4. The van der Waals surface area contributed by atoms with Crippen molar-refractivity contribution < 1.29 is 4.79 Å². The van der Waals surface area contributed by atoms with Crippen molar-refractivity contribution in [1.29, 1.82) is 0 Å². The van der Waals surface area contributed by atoms with Crippen molar-refractivity contribution in [3.8, 4) is 0 Å². The Balaban J connectivity index is 0.00000312. The fraction of sp³-hybridized carbons (Fsp3) is 0.579. The number of piperidine rings is 1. The van der Waals surface area contributed by atoms with Crippen LogP contribution in [0.2, 0.25) is 0 Å². The third kappa shape index (κ3) is 7.63. The molecule has 1 saturated heterocycles. The molecule has 1 fully saturated rings. The zero-order valence-corrected chi connectivity index (χ0v) is 17.9. The average Bonchev–Trinajstić information content (AvgIpc) is 2.57. The molecule has 1 aromatic rings. The van der Waals surface area contributed by atoms with Crippen LogP contribution in [0.1, 0.15) is 36.0 Å². The smallest absolute Gasteiger partial charge is 0.241 e. The number of halogens is 1. The lowest BCUT2D eigenvalue weighted by atomic mass is 10.1. The molecule has 0 aromatic heterocycles. The normalized spacial score (nSPS) is 14.7. The Morgan fingerprint density at radius 2 is 1.72 bits per heavy atom. The summed E-state index contributed by atoms with van der Waals surface area (Å²) >= 11 is 0. The van der Waals surface area contributed by atoms with Crippen molar-refractivity contribution in [2.75, 3.05) is 33.2 Å². The van der Waals surface area contributed by atoms with Gasteiger partial charge in [0.2, 0.25) is 5.91 Å². The minimum atomic E-state index is 0. The molecule has 1 aliphatic rings. The number of aliphatic imine (C=N–C) groups is 1. The molecule has 0 unspecified atom stereocenters. The van der Waals surface area contributed by atoms with Crippen molar-refractivity contribution in [3.05, 3.63) is 34.9 Å². The van der Waals surface area contributed by atoms with Gasteiger partial charge in [-0.2, -0.15) is 0 Å². The van der Waals surface area contributed by atoms with Gasteiger partial charge in [-0.1, -0.05) is 29.3 Å². The van der Waals surface area contributed by atoms with Gasteiger partial charge in [0, 0.05) is 26.7 Å². The van der Waals surface area contributed by atoms with Gasteiger partial charge >= 0.3 is 0 Å². The number of guanidine groups is 1. The van der Waals surface area contributed by atoms with E-state index in [4.69, 9.17) is 0 Å². The largest absolute Gasteiger partial charge is 0.356 e. The first-order valence-electron chi connectivity index (χ1n) is 8.88. The third-order valence-corrected chi connectivity index (χ3v) is 4.33. The standard InChI is InChI=1S/C19H30N4O.HI/c1-15-11-16(2)13-17(12-15)7-8-21-19(20-3)22-14-18(24)23-9-5-4-6-10-23;/h11-13H,4-10,14H2,1-3H3,(H2,20,21,22);1H. The van der Waals surface area contributed by atoms with Crippen LogP contribution in [-0.4, -0.2) is 50.0 Å². The molecule has 0 atom stereocenters. The summed E-state index contributed by atoms with van der Waals surface area (Å²) in [5.74, 6) is 0.844. The molecule has 2 rings (SSSR count). The van der Waals surface area contributed by atoms with Crippen LogP contribution in [0.3, 0.4) is 0 Å². The summed E-state index contributed by atoms with van der Waals surface area (Å²) in [6.07, 6.45) is 4.41. The van der Waals surface area contributed by atoms with Gasteiger partial charge in [0.1, 0.15) is 0 Å². The summed E-state index contributed by atoms with van der Waals surface area (Å²) in [5.41, 5.74) is 3.90. The second kappa shape index (κ2) is 11.3. The van der Waals surface area contributed by atoms with Crippen LogP contribution in [0.5, 0.6) is 0 Å². The van der Waals surface area contributed by atoms with Crippen molar-refractivity contribution in [1.82, 2.24) is 15.5 Å². The van der Waals surface area contributed by atoms with Crippen molar-refractivity contribution in [3.63, 3.8) is 0 Å². The maximum atomic E-state index is 12.2. The monoisotopic (exact) mass is 458 g/mol. The van der Waals surface area contributed by atoms with Gasteiger partial charge in [-0.15, -0.1) is 24.0 Å². The van der Waals surface area contributed by atoms with Gasteiger partial charge in [-0.05, 0) is 45.1 Å². The van der Waals surface area contributed by atoms with E-state index in [1.807, 2.05) is 4.90 Å². The summed E-state index contributed by atoms with van der Waals surface area (Å²) in [6.45, 7) is 7.12. The Kier molecular flexibility index (Phi) is 9.85. The fourth-order valence-corrected chi connectivity index (χ4v) is 3.17. The van der Waals surface area contributed by atoms with E-state index in [1.165, 1.54) is 23.1 Å². The molecule has 0 aliphatic carbocycles. The molecule has 0 radical (unpaired) electrons. The highest BCUT2D eigenvalue weighted by molar-refractivity contribution is 14.0. The predicted molar refractivity (Wildman–Crippen MR) is 115 cm³/mol. The number of hydrogen-bond donors (Lipinski definition) is 2. The highest BCUT2D eigenvalue weighted by Gasteiger charge is 2.16. The number of amides is 1. The maximum absolute atomic E-state index is 12.2. The van der Waals surface area contributed by atoms with Crippen LogP contribution in [0, 0.1) is 13.8 Å². The van der Waals surface area contributed by atoms with Gasteiger partial charge in [-0.25, -0.2) is 0 Å². The number of nitrogens with one attached hydrogen (secondary N) is 2. The second-order valence-electron chi connectivity index (χ2n) is 6.54. The van der Waals surface area contributed by atoms with Crippen LogP contribution in [0.25, 0.3) is 0 Å². The van der Waals surface area contributed by atoms with Crippen molar-refractivity contribution in [2.45, 2.75) is 39.5 Å². The molecule has 6 heteroatoms. The van der Waals surface area contributed by atoms with Crippen LogP contribution in [0.4, 0.5) is 0 Å². The van der Waals surface area contributed by atoms with Gasteiger partial charge in [-0.3, -0.25) is 9.79 Å². The Morgan fingerprint density at radius 1 is 1.08 bits per heavy atom. The summed E-state index contributed by atoms with van der Waals surface area (Å²) in [5, 5.41) is 6.41. The summed E-state index contributed by atoms with van der Waals surface area (Å²) in [7, 11) is 1.73. The topological polar surface area (TPSA) is 56.7 Å². The van der Waals surface area contributed by atoms with Crippen LogP contribution >= 0.6 is 24.0 Å². The Hall–Kier alpha value is -1.31. The molecule has 1 heterocycles. The van der Waals surface area contributed by atoms with Gasteiger partial charge in [0.05, 0.1) is 6.54 Å². The lowest BCUT2D eigenvalue weighted by Gasteiger charge is -2.27. The van der Waals surface area contributed by atoms with E-state index in [1.54, 1.807) is 7.05 Å². The van der Waals surface area contributed by atoms with Gasteiger partial charge in [0.15, 0.2) is 5.96 Å². The number of carbonyl (C=O) groups is 1. The third-order valence-electron chi connectivity index (χ3n) is 4.33. The van der Waals surface area contributed by atoms with Gasteiger partial charge < -0.3 is 15.5 Å². The molecule has 0 saturated carbocycles. The number of hydrogen-bond acceptors (Lipinski definition) is 2.